The molecule has 154 valence electrons. The average Bonchev–Trinajstić information content (AvgIpc) is 3.06. The van der Waals surface area contributed by atoms with Gasteiger partial charge in [-0.25, -0.2) is 9.78 Å². The Morgan fingerprint density at radius 1 is 1.21 bits per heavy atom. The monoisotopic (exact) mass is 394 g/mol. The number of aryl methyl sites for hydroxylation is 1. The average molecular weight is 395 g/mol. The van der Waals surface area contributed by atoms with Gasteiger partial charge in [-0.05, 0) is 56.9 Å². The van der Waals surface area contributed by atoms with E-state index in [0.29, 0.717) is 6.54 Å². The van der Waals surface area contributed by atoms with E-state index in [0.717, 1.165) is 34.3 Å². The van der Waals surface area contributed by atoms with E-state index in [2.05, 4.69) is 58.6 Å². The van der Waals surface area contributed by atoms with Gasteiger partial charge in [-0.15, -0.1) is 0 Å². The summed E-state index contributed by atoms with van der Waals surface area (Å²) in [5.74, 6) is 0. The molecule has 1 aromatic carbocycles. The Bertz CT molecular complexity index is 1020. The Hall–Kier alpha value is -2.89. The molecule has 2 aromatic heterocycles. The molecule has 0 aliphatic heterocycles. The van der Waals surface area contributed by atoms with Gasteiger partial charge in [-0.1, -0.05) is 38.1 Å². The second-order valence-electron chi connectivity index (χ2n) is 8.76. The van der Waals surface area contributed by atoms with Crippen molar-refractivity contribution in [2.45, 2.75) is 59.0 Å². The van der Waals surface area contributed by atoms with Crippen molar-refractivity contribution in [2.24, 2.45) is 0 Å². The number of pyridine rings is 1. The molecule has 0 unspecified atom stereocenters. The van der Waals surface area contributed by atoms with Crippen LogP contribution >= 0.6 is 0 Å². The SMILES string of the molecule is CC[C@@](C)(CNC(=O)OC(C)(C)C)c1cccc(-c2ccnc3n[nH]c(C)c23)c1. The maximum atomic E-state index is 12.1. The van der Waals surface area contributed by atoms with E-state index in [4.69, 9.17) is 4.74 Å². The van der Waals surface area contributed by atoms with Crippen LogP contribution in [0, 0.1) is 6.92 Å². The van der Waals surface area contributed by atoms with Gasteiger partial charge >= 0.3 is 6.09 Å². The Morgan fingerprint density at radius 2 is 1.97 bits per heavy atom. The molecule has 1 atom stereocenters. The van der Waals surface area contributed by atoms with Gasteiger partial charge in [0.05, 0.1) is 0 Å². The van der Waals surface area contributed by atoms with E-state index < -0.39 is 11.7 Å². The summed E-state index contributed by atoms with van der Waals surface area (Å²) in [4.78, 5) is 16.5. The molecule has 6 heteroatoms. The minimum atomic E-state index is -0.512. The molecule has 0 aliphatic carbocycles. The lowest BCUT2D eigenvalue weighted by atomic mass is 9.79. The molecule has 29 heavy (non-hydrogen) atoms. The van der Waals surface area contributed by atoms with E-state index >= 15 is 0 Å². The number of nitrogens with one attached hydrogen (secondary N) is 2. The molecule has 3 aromatic rings. The lowest BCUT2D eigenvalue weighted by Gasteiger charge is -2.30. The zero-order valence-electron chi connectivity index (χ0n) is 18.1. The fourth-order valence-corrected chi connectivity index (χ4v) is 3.41. The summed E-state index contributed by atoms with van der Waals surface area (Å²) < 4.78 is 5.39. The van der Waals surface area contributed by atoms with Crippen molar-refractivity contribution < 1.29 is 9.53 Å². The van der Waals surface area contributed by atoms with Crippen molar-refractivity contribution in [3.05, 3.63) is 47.8 Å². The molecule has 6 nitrogen and oxygen atoms in total. The predicted molar refractivity (Wildman–Crippen MR) is 116 cm³/mol. The van der Waals surface area contributed by atoms with Crippen LogP contribution in [0.4, 0.5) is 4.79 Å². The highest BCUT2D eigenvalue weighted by molar-refractivity contribution is 5.94. The maximum absolute atomic E-state index is 12.1. The second-order valence-corrected chi connectivity index (χ2v) is 8.76. The molecule has 0 saturated heterocycles. The molecule has 0 spiro atoms. The summed E-state index contributed by atoms with van der Waals surface area (Å²) in [6.07, 6.45) is 2.27. The van der Waals surface area contributed by atoms with Crippen LogP contribution < -0.4 is 5.32 Å². The summed E-state index contributed by atoms with van der Waals surface area (Å²) in [7, 11) is 0. The molecule has 1 amide bonds. The summed E-state index contributed by atoms with van der Waals surface area (Å²) in [5.41, 5.74) is 4.36. The zero-order valence-corrected chi connectivity index (χ0v) is 18.1. The minimum absolute atomic E-state index is 0.218. The fraction of sp³-hybridized carbons (Fsp3) is 0.435. The van der Waals surface area contributed by atoms with E-state index in [9.17, 15) is 4.79 Å². The molecular formula is C23H30N4O2. The smallest absolute Gasteiger partial charge is 0.407 e. The Kier molecular flexibility index (Phi) is 5.64. The van der Waals surface area contributed by atoms with Crippen LogP contribution in [0.1, 0.15) is 52.3 Å². The molecule has 0 radical (unpaired) electrons. The third-order valence-corrected chi connectivity index (χ3v) is 5.31. The number of rotatable bonds is 5. The molecule has 0 fully saturated rings. The fourth-order valence-electron chi connectivity index (χ4n) is 3.41. The van der Waals surface area contributed by atoms with Gasteiger partial charge in [0.25, 0.3) is 0 Å². The lowest BCUT2D eigenvalue weighted by molar-refractivity contribution is 0.0515. The number of carbonyl (C=O) groups is 1. The summed E-state index contributed by atoms with van der Waals surface area (Å²) >= 11 is 0. The lowest BCUT2D eigenvalue weighted by Crippen LogP contribution is -2.41. The number of hydrogen-bond donors (Lipinski definition) is 2. The maximum Gasteiger partial charge on any atom is 0.407 e. The molecule has 0 saturated carbocycles. The molecule has 2 N–H and O–H groups in total. The highest BCUT2D eigenvalue weighted by Gasteiger charge is 2.27. The van der Waals surface area contributed by atoms with Crippen LogP contribution in [0.5, 0.6) is 0 Å². The van der Waals surface area contributed by atoms with Gasteiger partial charge in [-0.2, -0.15) is 5.10 Å². The van der Waals surface area contributed by atoms with Crippen LogP contribution in [-0.2, 0) is 10.2 Å². The number of amides is 1. The second kappa shape index (κ2) is 7.85. The van der Waals surface area contributed by atoms with Crippen LogP contribution in [0.25, 0.3) is 22.2 Å². The number of ether oxygens (including phenoxy) is 1. The first-order valence-electron chi connectivity index (χ1n) is 10.0. The predicted octanol–water partition coefficient (Wildman–Crippen LogP) is 5.13. The van der Waals surface area contributed by atoms with Crippen LogP contribution in [0.15, 0.2) is 36.5 Å². The van der Waals surface area contributed by atoms with Gasteiger partial charge in [0.2, 0.25) is 0 Å². The number of benzene rings is 1. The van der Waals surface area contributed by atoms with Gasteiger partial charge < -0.3 is 10.1 Å². The van der Waals surface area contributed by atoms with Crippen molar-refractivity contribution in [3.63, 3.8) is 0 Å². The number of alkyl carbamates (subject to hydrolysis) is 1. The number of hydrogen-bond acceptors (Lipinski definition) is 4. The summed E-state index contributed by atoms with van der Waals surface area (Å²) in [5, 5.41) is 11.3. The van der Waals surface area contributed by atoms with Crippen LogP contribution in [-0.4, -0.2) is 33.4 Å². The largest absolute Gasteiger partial charge is 0.444 e. The van der Waals surface area contributed by atoms with E-state index in [-0.39, 0.29) is 5.41 Å². The Morgan fingerprint density at radius 3 is 2.66 bits per heavy atom. The first-order chi connectivity index (χ1) is 13.6. The Balaban J connectivity index is 1.90. The zero-order chi connectivity index (χ0) is 21.2. The minimum Gasteiger partial charge on any atom is -0.444 e. The first kappa shape index (κ1) is 20.8. The van der Waals surface area contributed by atoms with Crippen molar-refractivity contribution >= 4 is 17.1 Å². The molecule has 0 aliphatic rings. The molecular weight excluding hydrogens is 364 g/mol. The number of aromatic nitrogens is 3. The third-order valence-electron chi connectivity index (χ3n) is 5.31. The highest BCUT2D eigenvalue weighted by Crippen LogP contribution is 2.33. The van der Waals surface area contributed by atoms with Gasteiger partial charge in [0.15, 0.2) is 5.65 Å². The number of aromatic amines is 1. The van der Waals surface area contributed by atoms with Crippen molar-refractivity contribution in [1.82, 2.24) is 20.5 Å². The number of nitrogens with zero attached hydrogens (tertiary/aromatic N) is 2. The number of fused-ring (bicyclic) bond motifs is 1. The van der Waals surface area contributed by atoms with Crippen LogP contribution in [0.2, 0.25) is 0 Å². The van der Waals surface area contributed by atoms with E-state index in [1.165, 1.54) is 5.56 Å². The standard InChI is InChI=1S/C23H30N4O2/c1-7-23(6,14-25-21(28)29-22(3,4)5)17-10-8-9-16(13-17)18-11-12-24-20-19(18)15(2)26-27-20/h8-13H,7,14H2,1-6H3,(H,25,28)(H,24,26,27)/t23-/m0/s1. The number of H-pyrrole nitrogens is 1. The molecule has 3 rings (SSSR count). The first-order valence-corrected chi connectivity index (χ1v) is 10.0. The van der Waals surface area contributed by atoms with Gasteiger partial charge in [0.1, 0.15) is 5.60 Å². The summed E-state index contributed by atoms with van der Waals surface area (Å²) in [6.45, 7) is 12.4. The molecule has 2 heterocycles. The van der Waals surface area contributed by atoms with Crippen molar-refractivity contribution in [2.75, 3.05) is 6.54 Å². The normalized spacial score (nSPS) is 13.9. The van der Waals surface area contributed by atoms with E-state index in [1.807, 2.05) is 33.8 Å². The number of carbonyl (C=O) groups excluding carboxylic acids is 1. The highest BCUT2D eigenvalue weighted by atomic mass is 16.6. The van der Waals surface area contributed by atoms with E-state index in [1.54, 1.807) is 6.20 Å². The Labute approximate surface area is 172 Å². The van der Waals surface area contributed by atoms with Gasteiger partial charge in [-0.3, -0.25) is 5.10 Å². The van der Waals surface area contributed by atoms with Gasteiger partial charge in [0, 0.05) is 29.2 Å². The van der Waals surface area contributed by atoms with Crippen LogP contribution in [0.3, 0.4) is 0 Å². The van der Waals surface area contributed by atoms with Crippen molar-refractivity contribution in [1.29, 1.82) is 0 Å². The quantitative estimate of drug-likeness (QED) is 0.629. The topological polar surface area (TPSA) is 79.9 Å². The third kappa shape index (κ3) is 4.58. The van der Waals surface area contributed by atoms with Crippen molar-refractivity contribution in [3.8, 4) is 11.1 Å². The molecule has 0 bridgehead atoms. The summed E-state index contributed by atoms with van der Waals surface area (Å²) in [6, 6.07) is 10.5.